The highest BCUT2D eigenvalue weighted by molar-refractivity contribution is 7.99. The third-order valence-corrected chi connectivity index (χ3v) is 7.21. The molecule has 0 aromatic carbocycles. The third-order valence-electron chi connectivity index (χ3n) is 5.99. The smallest absolute Gasteiger partial charge is 0.0784 e. The molecule has 2 atom stereocenters. The summed E-state index contributed by atoms with van der Waals surface area (Å²) in [5.74, 6) is 3.75. The SMILES string of the molecule is CCCC1CCC(O)(C2CCOC3(CCSC3)C2)CC1. The van der Waals surface area contributed by atoms with Crippen LogP contribution in [0, 0.1) is 11.8 Å². The Balaban J connectivity index is 1.60. The summed E-state index contributed by atoms with van der Waals surface area (Å²) < 4.78 is 6.12. The van der Waals surface area contributed by atoms with E-state index in [0.717, 1.165) is 44.0 Å². The van der Waals surface area contributed by atoms with Crippen LogP contribution in [0.1, 0.15) is 64.7 Å². The Labute approximate surface area is 128 Å². The molecule has 2 aliphatic heterocycles. The van der Waals surface area contributed by atoms with Crippen molar-refractivity contribution in [3.05, 3.63) is 0 Å². The van der Waals surface area contributed by atoms with E-state index in [4.69, 9.17) is 4.74 Å². The van der Waals surface area contributed by atoms with Crippen LogP contribution >= 0.6 is 11.8 Å². The summed E-state index contributed by atoms with van der Waals surface area (Å²) in [6.07, 6.45) is 10.6. The van der Waals surface area contributed by atoms with Crippen molar-refractivity contribution in [3.63, 3.8) is 0 Å². The monoisotopic (exact) mass is 298 g/mol. The molecular formula is C17H30O2S. The summed E-state index contributed by atoms with van der Waals surface area (Å²) in [6, 6.07) is 0. The second-order valence-corrected chi connectivity index (χ2v) is 8.46. The van der Waals surface area contributed by atoms with Gasteiger partial charge in [-0.05, 0) is 62.5 Å². The second-order valence-electron chi connectivity index (χ2n) is 7.36. The molecule has 3 rings (SSSR count). The highest BCUT2D eigenvalue weighted by Crippen LogP contribution is 2.48. The minimum absolute atomic E-state index is 0.115. The normalized spacial score (nSPS) is 45.9. The van der Waals surface area contributed by atoms with E-state index in [9.17, 15) is 5.11 Å². The number of thioether (sulfide) groups is 1. The van der Waals surface area contributed by atoms with Crippen molar-refractivity contribution in [1.82, 2.24) is 0 Å². The van der Waals surface area contributed by atoms with E-state index >= 15 is 0 Å². The fraction of sp³-hybridized carbons (Fsp3) is 1.00. The van der Waals surface area contributed by atoms with Crippen LogP contribution in [-0.4, -0.2) is 34.4 Å². The predicted octanol–water partition coefficient (Wildman–Crippen LogP) is 4.01. The van der Waals surface area contributed by atoms with Gasteiger partial charge in [0, 0.05) is 12.4 Å². The third kappa shape index (κ3) is 3.05. The molecule has 2 unspecified atom stereocenters. The molecule has 0 amide bonds. The topological polar surface area (TPSA) is 29.5 Å². The van der Waals surface area contributed by atoms with Gasteiger partial charge in [0.1, 0.15) is 0 Å². The van der Waals surface area contributed by atoms with Gasteiger partial charge >= 0.3 is 0 Å². The van der Waals surface area contributed by atoms with Crippen molar-refractivity contribution in [1.29, 1.82) is 0 Å². The summed E-state index contributed by atoms with van der Waals surface area (Å²) in [7, 11) is 0. The zero-order valence-corrected chi connectivity index (χ0v) is 13.7. The van der Waals surface area contributed by atoms with E-state index < -0.39 is 0 Å². The van der Waals surface area contributed by atoms with Crippen LogP contribution in [0.2, 0.25) is 0 Å². The summed E-state index contributed by atoms with van der Waals surface area (Å²) in [6.45, 7) is 3.15. The molecule has 0 bridgehead atoms. The van der Waals surface area contributed by atoms with Gasteiger partial charge in [0.05, 0.1) is 11.2 Å². The zero-order chi connectivity index (χ0) is 14.1. The quantitative estimate of drug-likeness (QED) is 0.853. The first-order chi connectivity index (χ1) is 9.66. The van der Waals surface area contributed by atoms with Crippen LogP contribution in [0.15, 0.2) is 0 Å². The summed E-state index contributed by atoms with van der Waals surface area (Å²) in [5, 5.41) is 11.2. The largest absolute Gasteiger partial charge is 0.390 e. The minimum Gasteiger partial charge on any atom is -0.390 e. The molecular weight excluding hydrogens is 268 g/mol. The molecule has 0 aromatic rings. The van der Waals surface area contributed by atoms with Crippen LogP contribution in [0.25, 0.3) is 0 Å². The molecule has 1 saturated carbocycles. The van der Waals surface area contributed by atoms with Crippen LogP contribution in [0.3, 0.4) is 0 Å². The molecule has 3 fully saturated rings. The lowest BCUT2D eigenvalue weighted by Gasteiger charge is -2.47. The molecule has 2 nitrogen and oxygen atoms in total. The lowest BCUT2D eigenvalue weighted by Crippen LogP contribution is -2.50. The van der Waals surface area contributed by atoms with Gasteiger partial charge in [0.15, 0.2) is 0 Å². The van der Waals surface area contributed by atoms with E-state index in [1.165, 1.54) is 37.9 Å². The first-order valence-corrected chi connectivity index (χ1v) is 9.75. The van der Waals surface area contributed by atoms with Crippen molar-refractivity contribution in [2.45, 2.75) is 75.9 Å². The Hall–Kier alpha value is 0.270. The van der Waals surface area contributed by atoms with Gasteiger partial charge in [0.25, 0.3) is 0 Å². The molecule has 1 spiro atoms. The lowest BCUT2D eigenvalue weighted by molar-refractivity contribution is -0.145. The maximum absolute atomic E-state index is 11.2. The molecule has 116 valence electrons. The van der Waals surface area contributed by atoms with E-state index in [2.05, 4.69) is 6.92 Å². The van der Waals surface area contributed by atoms with E-state index in [1.54, 1.807) is 0 Å². The first-order valence-electron chi connectivity index (χ1n) is 8.60. The molecule has 2 saturated heterocycles. The van der Waals surface area contributed by atoms with Gasteiger partial charge in [0.2, 0.25) is 0 Å². The Bertz CT molecular complexity index is 317. The Morgan fingerprint density at radius 2 is 2.00 bits per heavy atom. The van der Waals surface area contributed by atoms with Gasteiger partial charge in [-0.15, -0.1) is 0 Å². The number of hydrogen-bond acceptors (Lipinski definition) is 3. The van der Waals surface area contributed by atoms with Gasteiger partial charge in [-0.25, -0.2) is 0 Å². The lowest BCUT2D eigenvalue weighted by atomic mass is 9.66. The van der Waals surface area contributed by atoms with E-state index in [1.807, 2.05) is 11.8 Å². The van der Waals surface area contributed by atoms with Crippen molar-refractivity contribution >= 4 is 11.8 Å². The first kappa shape index (κ1) is 15.2. The molecule has 3 aliphatic rings. The van der Waals surface area contributed by atoms with Crippen molar-refractivity contribution in [2.75, 3.05) is 18.1 Å². The Kier molecular flexibility index (Phi) is 4.69. The fourth-order valence-electron chi connectivity index (χ4n) is 4.63. The summed E-state index contributed by atoms with van der Waals surface area (Å²) in [5.41, 5.74) is -0.266. The average Bonchev–Trinajstić information content (AvgIpc) is 2.90. The highest BCUT2D eigenvalue weighted by Gasteiger charge is 2.48. The minimum atomic E-state index is -0.381. The molecule has 3 heteroatoms. The van der Waals surface area contributed by atoms with E-state index in [0.29, 0.717) is 5.92 Å². The van der Waals surface area contributed by atoms with Crippen LogP contribution in [0.5, 0.6) is 0 Å². The van der Waals surface area contributed by atoms with Crippen LogP contribution in [-0.2, 0) is 4.74 Å². The number of ether oxygens (including phenoxy) is 1. The fourth-order valence-corrected chi connectivity index (χ4v) is 6.01. The maximum atomic E-state index is 11.2. The maximum Gasteiger partial charge on any atom is 0.0784 e. The molecule has 20 heavy (non-hydrogen) atoms. The Morgan fingerprint density at radius 3 is 2.65 bits per heavy atom. The molecule has 2 heterocycles. The number of rotatable bonds is 3. The average molecular weight is 298 g/mol. The molecule has 0 aromatic heterocycles. The van der Waals surface area contributed by atoms with E-state index in [-0.39, 0.29) is 11.2 Å². The standard InChI is InChI=1S/C17H30O2S/c1-2-3-14-4-7-17(18,8-5-14)15-6-10-19-16(12-15)9-11-20-13-16/h14-15,18H,2-13H2,1H3. The highest BCUT2D eigenvalue weighted by atomic mass is 32.2. The number of aliphatic hydroxyl groups is 1. The summed E-state index contributed by atoms with van der Waals surface area (Å²) in [4.78, 5) is 0. The molecule has 0 radical (unpaired) electrons. The van der Waals surface area contributed by atoms with Gasteiger partial charge in [-0.3, -0.25) is 0 Å². The summed E-state index contributed by atoms with van der Waals surface area (Å²) >= 11 is 2.03. The molecule has 1 aliphatic carbocycles. The predicted molar refractivity (Wildman–Crippen MR) is 85.2 cm³/mol. The molecule has 1 N–H and O–H groups in total. The second kappa shape index (κ2) is 6.18. The van der Waals surface area contributed by atoms with Crippen molar-refractivity contribution < 1.29 is 9.84 Å². The van der Waals surface area contributed by atoms with Gasteiger partial charge in [-0.2, -0.15) is 11.8 Å². The number of hydrogen-bond donors (Lipinski definition) is 1. The van der Waals surface area contributed by atoms with Gasteiger partial charge < -0.3 is 9.84 Å². The Morgan fingerprint density at radius 1 is 1.20 bits per heavy atom. The van der Waals surface area contributed by atoms with Crippen LogP contribution in [0.4, 0.5) is 0 Å². The van der Waals surface area contributed by atoms with Crippen molar-refractivity contribution in [3.8, 4) is 0 Å². The zero-order valence-electron chi connectivity index (χ0n) is 12.9. The van der Waals surface area contributed by atoms with Gasteiger partial charge in [-0.1, -0.05) is 19.8 Å². The van der Waals surface area contributed by atoms with Crippen molar-refractivity contribution in [2.24, 2.45) is 11.8 Å². The van der Waals surface area contributed by atoms with Crippen LogP contribution < -0.4 is 0 Å².